The van der Waals surface area contributed by atoms with Gasteiger partial charge >= 0.3 is 7.12 Å². The molecule has 0 aliphatic carbocycles. The Labute approximate surface area is 158 Å². The number of hydrogen-bond acceptors (Lipinski definition) is 4. The predicted molar refractivity (Wildman–Crippen MR) is 106 cm³/mol. The van der Waals surface area contributed by atoms with Crippen LogP contribution in [0.5, 0.6) is 0 Å². The molecule has 1 fully saturated rings. The lowest BCUT2D eigenvalue weighted by atomic mass is 9.79. The molecule has 0 unspecified atom stereocenters. The second kappa shape index (κ2) is 6.21. The predicted octanol–water partition coefficient (Wildman–Crippen LogP) is 3.11. The summed E-state index contributed by atoms with van der Waals surface area (Å²) in [6.45, 7) is 8.09. The Hall–Kier alpha value is -2.64. The highest BCUT2D eigenvalue weighted by atomic mass is 16.7. The van der Waals surface area contributed by atoms with Gasteiger partial charge < -0.3 is 14.6 Å². The van der Waals surface area contributed by atoms with Crippen molar-refractivity contribution >= 4 is 35.1 Å². The van der Waals surface area contributed by atoms with Gasteiger partial charge in [-0.3, -0.25) is 9.89 Å². The van der Waals surface area contributed by atoms with E-state index in [2.05, 4.69) is 15.5 Å². The van der Waals surface area contributed by atoms with Crippen LogP contribution in [0.1, 0.15) is 38.2 Å². The van der Waals surface area contributed by atoms with E-state index >= 15 is 0 Å². The molecule has 7 heteroatoms. The summed E-state index contributed by atoms with van der Waals surface area (Å²) in [6, 6.07) is 15.0. The van der Waals surface area contributed by atoms with Crippen LogP contribution in [0.3, 0.4) is 0 Å². The van der Waals surface area contributed by atoms with Crippen LogP contribution >= 0.6 is 0 Å². The van der Waals surface area contributed by atoms with Gasteiger partial charge in [-0.05, 0) is 51.4 Å². The lowest BCUT2D eigenvalue weighted by Crippen LogP contribution is -2.41. The minimum absolute atomic E-state index is 0.254. The van der Waals surface area contributed by atoms with E-state index in [1.54, 1.807) is 0 Å². The number of benzene rings is 2. The average molecular weight is 363 g/mol. The molecule has 6 nitrogen and oxygen atoms in total. The Kier molecular flexibility index (Phi) is 4.09. The lowest BCUT2D eigenvalue weighted by Gasteiger charge is -2.32. The van der Waals surface area contributed by atoms with Crippen molar-refractivity contribution in [3.8, 4) is 0 Å². The SMILES string of the molecule is CC1(C)OB(c2ccc(NC(=O)c3n[nH]c4ccccc34)cc2)OC1(C)C. The molecule has 1 aliphatic rings. The Morgan fingerprint density at radius 2 is 1.63 bits per heavy atom. The molecule has 4 rings (SSSR count). The first kappa shape index (κ1) is 17.8. The maximum absolute atomic E-state index is 12.6. The molecule has 0 saturated carbocycles. The third-order valence-corrected chi connectivity index (χ3v) is 5.38. The first-order valence-electron chi connectivity index (χ1n) is 8.97. The number of para-hydroxylation sites is 1. The summed E-state index contributed by atoms with van der Waals surface area (Å²) in [5, 5.41) is 10.7. The topological polar surface area (TPSA) is 76.2 Å². The van der Waals surface area contributed by atoms with Crippen LogP contribution in [0.15, 0.2) is 48.5 Å². The molecule has 0 atom stereocenters. The maximum Gasteiger partial charge on any atom is 0.494 e. The zero-order valence-corrected chi connectivity index (χ0v) is 15.9. The van der Waals surface area contributed by atoms with Crippen molar-refractivity contribution in [1.82, 2.24) is 10.2 Å². The van der Waals surface area contributed by atoms with Gasteiger partial charge in [0, 0.05) is 11.1 Å². The van der Waals surface area contributed by atoms with Crippen molar-refractivity contribution in [2.24, 2.45) is 0 Å². The van der Waals surface area contributed by atoms with Crippen LogP contribution in [-0.2, 0) is 9.31 Å². The molecule has 27 heavy (non-hydrogen) atoms. The molecule has 138 valence electrons. The molecular formula is C20H22BN3O3. The Bertz CT molecular complexity index is 979. The average Bonchev–Trinajstić information content (AvgIpc) is 3.14. The second-order valence-electron chi connectivity index (χ2n) is 7.78. The van der Waals surface area contributed by atoms with Crippen LogP contribution in [0, 0.1) is 0 Å². The summed E-state index contributed by atoms with van der Waals surface area (Å²) >= 11 is 0. The molecule has 1 saturated heterocycles. The van der Waals surface area contributed by atoms with E-state index in [0.717, 1.165) is 16.4 Å². The quantitative estimate of drug-likeness (QED) is 0.701. The standard InChI is InChI=1S/C20H22BN3O3/c1-19(2)20(3,4)27-21(26-19)13-9-11-14(12-10-13)22-18(25)17-15-7-5-6-8-16(15)23-24-17/h5-12H,1-4H3,(H,22,25)(H,23,24). The van der Waals surface area contributed by atoms with E-state index in [1.165, 1.54) is 0 Å². The van der Waals surface area contributed by atoms with Gasteiger partial charge in [0.2, 0.25) is 0 Å². The lowest BCUT2D eigenvalue weighted by molar-refractivity contribution is 0.00578. The minimum atomic E-state index is -0.421. The molecule has 2 heterocycles. The van der Waals surface area contributed by atoms with Crippen molar-refractivity contribution in [1.29, 1.82) is 0 Å². The second-order valence-corrected chi connectivity index (χ2v) is 7.78. The number of rotatable bonds is 3. The van der Waals surface area contributed by atoms with Crippen LogP contribution in [0.4, 0.5) is 5.69 Å². The molecule has 2 N–H and O–H groups in total. The van der Waals surface area contributed by atoms with E-state index in [0.29, 0.717) is 11.4 Å². The largest absolute Gasteiger partial charge is 0.494 e. The number of aromatic amines is 1. The summed E-state index contributed by atoms with van der Waals surface area (Å²) in [5.41, 5.74) is 2.04. The highest BCUT2D eigenvalue weighted by Gasteiger charge is 2.51. The summed E-state index contributed by atoms with van der Waals surface area (Å²) in [7, 11) is -0.421. The number of fused-ring (bicyclic) bond motifs is 1. The molecular weight excluding hydrogens is 341 g/mol. The van der Waals surface area contributed by atoms with E-state index < -0.39 is 7.12 Å². The summed E-state index contributed by atoms with van der Waals surface area (Å²) in [6.07, 6.45) is 0. The van der Waals surface area contributed by atoms with Crippen molar-refractivity contribution in [3.63, 3.8) is 0 Å². The number of anilines is 1. The third-order valence-electron chi connectivity index (χ3n) is 5.38. The number of hydrogen-bond donors (Lipinski definition) is 2. The smallest absolute Gasteiger partial charge is 0.399 e. The fourth-order valence-electron chi connectivity index (χ4n) is 3.03. The molecule has 3 aromatic rings. The fourth-order valence-corrected chi connectivity index (χ4v) is 3.03. The van der Waals surface area contributed by atoms with Gasteiger partial charge in [-0.1, -0.05) is 30.3 Å². The van der Waals surface area contributed by atoms with E-state index in [-0.39, 0.29) is 17.1 Å². The number of carbonyl (C=O) groups excluding carboxylic acids is 1. The number of amides is 1. The van der Waals surface area contributed by atoms with Crippen molar-refractivity contribution in [2.45, 2.75) is 38.9 Å². The molecule has 1 amide bonds. The molecule has 0 spiro atoms. The van der Waals surface area contributed by atoms with Crippen LogP contribution in [0.2, 0.25) is 0 Å². The highest BCUT2D eigenvalue weighted by molar-refractivity contribution is 6.62. The van der Waals surface area contributed by atoms with Gasteiger partial charge in [-0.2, -0.15) is 5.10 Å². The Morgan fingerprint density at radius 1 is 1.00 bits per heavy atom. The monoisotopic (exact) mass is 363 g/mol. The molecule has 0 bridgehead atoms. The summed E-state index contributed by atoms with van der Waals surface area (Å²) < 4.78 is 12.1. The molecule has 1 aliphatic heterocycles. The number of nitrogens with one attached hydrogen (secondary N) is 2. The number of aromatic nitrogens is 2. The van der Waals surface area contributed by atoms with Gasteiger partial charge in [0.15, 0.2) is 5.69 Å². The van der Waals surface area contributed by atoms with Crippen LogP contribution in [-0.4, -0.2) is 34.4 Å². The maximum atomic E-state index is 12.6. The van der Waals surface area contributed by atoms with Gasteiger partial charge in [-0.15, -0.1) is 0 Å². The summed E-state index contributed by atoms with van der Waals surface area (Å²) in [4.78, 5) is 12.6. The summed E-state index contributed by atoms with van der Waals surface area (Å²) in [5.74, 6) is -0.254. The first-order chi connectivity index (χ1) is 12.8. The van der Waals surface area contributed by atoms with Gasteiger partial charge in [0.1, 0.15) is 0 Å². The number of H-pyrrole nitrogens is 1. The fraction of sp³-hybridized carbons (Fsp3) is 0.300. The van der Waals surface area contributed by atoms with E-state index in [1.807, 2.05) is 76.2 Å². The molecule has 1 aromatic heterocycles. The number of nitrogens with zero attached hydrogens (tertiary/aromatic N) is 1. The van der Waals surface area contributed by atoms with Crippen molar-refractivity contribution < 1.29 is 14.1 Å². The number of carbonyl (C=O) groups is 1. The van der Waals surface area contributed by atoms with Gasteiger partial charge in [-0.25, -0.2) is 0 Å². The van der Waals surface area contributed by atoms with Crippen LogP contribution in [0.25, 0.3) is 10.9 Å². The zero-order chi connectivity index (χ0) is 19.2. The minimum Gasteiger partial charge on any atom is -0.399 e. The Balaban J connectivity index is 1.49. The molecule has 2 aromatic carbocycles. The van der Waals surface area contributed by atoms with Crippen molar-refractivity contribution in [3.05, 3.63) is 54.2 Å². The molecule has 0 radical (unpaired) electrons. The van der Waals surface area contributed by atoms with E-state index in [4.69, 9.17) is 9.31 Å². The zero-order valence-electron chi connectivity index (χ0n) is 15.9. The van der Waals surface area contributed by atoms with Crippen molar-refractivity contribution in [2.75, 3.05) is 5.32 Å². The third kappa shape index (κ3) is 3.13. The normalized spacial score (nSPS) is 18.0. The van der Waals surface area contributed by atoms with E-state index in [9.17, 15) is 4.79 Å². The van der Waals surface area contributed by atoms with Crippen LogP contribution < -0.4 is 10.8 Å². The first-order valence-corrected chi connectivity index (χ1v) is 8.97. The Morgan fingerprint density at radius 3 is 2.30 bits per heavy atom. The van der Waals surface area contributed by atoms with Gasteiger partial charge in [0.05, 0.1) is 16.7 Å². The van der Waals surface area contributed by atoms with Gasteiger partial charge in [0.25, 0.3) is 5.91 Å². The highest BCUT2D eigenvalue weighted by Crippen LogP contribution is 2.36.